The zero-order valence-electron chi connectivity index (χ0n) is 12.4. The number of carboxylic acid groups (broad SMARTS) is 1. The molecule has 5 nitrogen and oxygen atoms in total. The van der Waals surface area contributed by atoms with Crippen LogP contribution in [0, 0.1) is 6.92 Å². The molecule has 0 radical (unpaired) electrons. The third kappa shape index (κ3) is 2.91. The Morgan fingerprint density at radius 1 is 1.33 bits per heavy atom. The van der Waals surface area contributed by atoms with E-state index in [1.165, 1.54) is 4.90 Å². The number of aryl methyl sites for hydroxylation is 1. The molecule has 1 N–H and O–H groups in total. The summed E-state index contributed by atoms with van der Waals surface area (Å²) < 4.78 is 5.63. The number of fused-ring (bicyclic) bond motifs is 1. The topological polar surface area (TPSA) is 70.8 Å². The highest BCUT2D eigenvalue weighted by Gasteiger charge is 2.27. The van der Waals surface area contributed by atoms with Crippen molar-refractivity contribution in [3.63, 3.8) is 0 Å². The minimum Gasteiger partial charge on any atom is -0.480 e. The zero-order valence-corrected chi connectivity index (χ0v) is 12.4. The number of carboxylic acids is 1. The first-order valence-corrected chi connectivity index (χ1v) is 6.96. The summed E-state index contributed by atoms with van der Waals surface area (Å²) in [5.74, 6) is -1.18. The van der Waals surface area contributed by atoms with Gasteiger partial charge in [-0.25, -0.2) is 0 Å². The van der Waals surface area contributed by atoms with Gasteiger partial charge in [0, 0.05) is 17.0 Å². The number of carbonyl (C=O) groups excluding carboxylic acids is 1. The van der Waals surface area contributed by atoms with Crippen LogP contribution in [-0.4, -0.2) is 34.5 Å². The second-order valence-electron chi connectivity index (χ2n) is 5.14. The molecule has 21 heavy (non-hydrogen) atoms. The highest BCUT2D eigenvalue weighted by molar-refractivity contribution is 6.00. The molecule has 0 aliphatic rings. The van der Waals surface area contributed by atoms with Gasteiger partial charge in [-0.1, -0.05) is 25.1 Å². The number of aliphatic carboxylic acids is 1. The van der Waals surface area contributed by atoms with Gasteiger partial charge in [-0.2, -0.15) is 0 Å². The van der Waals surface area contributed by atoms with Crippen molar-refractivity contribution in [2.75, 3.05) is 6.54 Å². The van der Waals surface area contributed by atoms with Gasteiger partial charge in [0.15, 0.2) is 5.76 Å². The van der Waals surface area contributed by atoms with Crippen molar-refractivity contribution >= 4 is 22.8 Å². The third-order valence-electron chi connectivity index (χ3n) is 3.73. The third-order valence-corrected chi connectivity index (χ3v) is 3.73. The van der Waals surface area contributed by atoms with E-state index in [0.29, 0.717) is 12.0 Å². The van der Waals surface area contributed by atoms with Crippen LogP contribution >= 0.6 is 0 Å². The van der Waals surface area contributed by atoms with Crippen molar-refractivity contribution in [3.8, 4) is 0 Å². The van der Waals surface area contributed by atoms with Gasteiger partial charge < -0.3 is 14.4 Å². The lowest BCUT2D eigenvalue weighted by Gasteiger charge is -2.26. The molecule has 0 aliphatic heterocycles. The molecule has 1 amide bonds. The normalized spacial score (nSPS) is 12.3. The summed E-state index contributed by atoms with van der Waals surface area (Å²) in [4.78, 5) is 25.0. The number of benzene rings is 1. The Balaban J connectivity index is 2.43. The predicted octanol–water partition coefficient (Wildman–Crippen LogP) is 3.07. The van der Waals surface area contributed by atoms with Crippen LogP contribution in [0.25, 0.3) is 11.0 Å². The maximum Gasteiger partial charge on any atom is 0.323 e. The summed E-state index contributed by atoms with van der Waals surface area (Å²) in [6.07, 6.45) is 0.679. The molecule has 1 aromatic carbocycles. The SMILES string of the molecule is CCC(C)N(CC(=O)O)C(=O)c1oc2ccccc2c1C. The molecule has 0 saturated carbocycles. The first-order chi connectivity index (χ1) is 9.95. The minimum atomic E-state index is -1.03. The fraction of sp³-hybridized carbons (Fsp3) is 0.375. The monoisotopic (exact) mass is 289 g/mol. The van der Waals surface area contributed by atoms with Crippen molar-refractivity contribution in [1.29, 1.82) is 0 Å². The van der Waals surface area contributed by atoms with Gasteiger partial charge in [-0.15, -0.1) is 0 Å². The fourth-order valence-corrected chi connectivity index (χ4v) is 2.30. The maximum atomic E-state index is 12.6. The Labute approximate surface area is 123 Å². The minimum absolute atomic E-state index is 0.166. The Bertz CT molecular complexity index is 674. The first kappa shape index (κ1) is 15.1. The largest absolute Gasteiger partial charge is 0.480 e. The lowest BCUT2D eigenvalue weighted by atomic mass is 10.1. The lowest BCUT2D eigenvalue weighted by Crippen LogP contribution is -2.41. The molecule has 0 saturated heterocycles. The van der Waals surface area contributed by atoms with E-state index in [0.717, 1.165) is 10.9 Å². The van der Waals surface area contributed by atoms with Crippen LogP contribution in [0.4, 0.5) is 0 Å². The van der Waals surface area contributed by atoms with E-state index in [9.17, 15) is 9.59 Å². The molecular formula is C16H19NO4. The molecule has 0 spiro atoms. The number of para-hydroxylation sites is 1. The average Bonchev–Trinajstić information content (AvgIpc) is 2.81. The summed E-state index contributed by atoms with van der Waals surface area (Å²) in [7, 11) is 0. The molecule has 5 heteroatoms. The fourth-order valence-electron chi connectivity index (χ4n) is 2.30. The van der Waals surface area contributed by atoms with E-state index in [-0.39, 0.29) is 24.3 Å². The van der Waals surface area contributed by atoms with Crippen LogP contribution in [-0.2, 0) is 4.79 Å². The highest BCUT2D eigenvalue weighted by atomic mass is 16.4. The van der Waals surface area contributed by atoms with Crippen LogP contribution in [0.3, 0.4) is 0 Å². The Kier molecular flexibility index (Phi) is 4.31. The number of nitrogens with zero attached hydrogens (tertiary/aromatic N) is 1. The van der Waals surface area contributed by atoms with Crippen molar-refractivity contribution in [2.45, 2.75) is 33.2 Å². The van der Waals surface area contributed by atoms with E-state index in [2.05, 4.69) is 0 Å². The summed E-state index contributed by atoms with van der Waals surface area (Å²) in [6, 6.07) is 7.23. The van der Waals surface area contributed by atoms with Gasteiger partial charge >= 0.3 is 5.97 Å². The lowest BCUT2D eigenvalue weighted by molar-refractivity contribution is -0.138. The Hall–Kier alpha value is -2.30. The van der Waals surface area contributed by atoms with Crippen molar-refractivity contribution in [3.05, 3.63) is 35.6 Å². The molecule has 0 aliphatic carbocycles. The summed E-state index contributed by atoms with van der Waals surface area (Å²) in [5.41, 5.74) is 1.38. The molecule has 0 bridgehead atoms. The van der Waals surface area contributed by atoms with Gasteiger partial charge in [0.25, 0.3) is 5.91 Å². The molecule has 1 aromatic heterocycles. The van der Waals surface area contributed by atoms with E-state index in [1.54, 1.807) is 6.07 Å². The number of furan rings is 1. The van der Waals surface area contributed by atoms with E-state index < -0.39 is 5.97 Å². The van der Waals surface area contributed by atoms with E-state index in [1.807, 2.05) is 39.0 Å². The highest BCUT2D eigenvalue weighted by Crippen LogP contribution is 2.26. The molecule has 0 fully saturated rings. The van der Waals surface area contributed by atoms with E-state index in [4.69, 9.17) is 9.52 Å². The molecule has 2 rings (SSSR count). The second-order valence-corrected chi connectivity index (χ2v) is 5.14. The summed E-state index contributed by atoms with van der Waals surface area (Å²) in [6.45, 7) is 5.23. The van der Waals surface area contributed by atoms with Gasteiger partial charge in [0.2, 0.25) is 0 Å². The van der Waals surface area contributed by atoms with Crippen LogP contribution in [0.1, 0.15) is 36.4 Å². The Morgan fingerprint density at radius 2 is 2.00 bits per heavy atom. The molecule has 112 valence electrons. The number of hydrogen-bond donors (Lipinski definition) is 1. The number of hydrogen-bond acceptors (Lipinski definition) is 3. The van der Waals surface area contributed by atoms with Crippen molar-refractivity contribution in [1.82, 2.24) is 4.90 Å². The van der Waals surface area contributed by atoms with Crippen LogP contribution in [0.5, 0.6) is 0 Å². The van der Waals surface area contributed by atoms with Crippen molar-refractivity contribution in [2.24, 2.45) is 0 Å². The summed E-state index contributed by atoms with van der Waals surface area (Å²) >= 11 is 0. The van der Waals surface area contributed by atoms with Gasteiger partial charge in [-0.05, 0) is 26.3 Å². The second kappa shape index (κ2) is 5.99. The van der Waals surface area contributed by atoms with Crippen LogP contribution < -0.4 is 0 Å². The summed E-state index contributed by atoms with van der Waals surface area (Å²) in [5, 5.41) is 9.88. The number of carbonyl (C=O) groups is 2. The van der Waals surface area contributed by atoms with Crippen molar-refractivity contribution < 1.29 is 19.1 Å². The average molecular weight is 289 g/mol. The number of amides is 1. The van der Waals surface area contributed by atoms with Gasteiger partial charge in [0.05, 0.1) is 0 Å². The number of rotatable bonds is 5. The molecule has 1 unspecified atom stereocenters. The maximum absolute atomic E-state index is 12.6. The zero-order chi connectivity index (χ0) is 15.6. The standard InChI is InChI=1S/C16H19NO4/c1-4-10(2)17(9-14(18)19)16(20)15-11(3)12-7-5-6-8-13(12)21-15/h5-8,10H,4,9H2,1-3H3,(H,18,19). The predicted molar refractivity (Wildman–Crippen MR) is 79.4 cm³/mol. The first-order valence-electron chi connectivity index (χ1n) is 6.96. The molecule has 1 atom stereocenters. The Morgan fingerprint density at radius 3 is 2.57 bits per heavy atom. The van der Waals surface area contributed by atoms with Crippen LogP contribution in [0.2, 0.25) is 0 Å². The van der Waals surface area contributed by atoms with Gasteiger partial charge in [0.1, 0.15) is 12.1 Å². The van der Waals surface area contributed by atoms with Gasteiger partial charge in [-0.3, -0.25) is 9.59 Å². The molecular weight excluding hydrogens is 270 g/mol. The van der Waals surface area contributed by atoms with Crippen LogP contribution in [0.15, 0.2) is 28.7 Å². The molecule has 1 heterocycles. The smallest absolute Gasteiger partial charge is 0.323 e. The molecule has 2 aromatic rings. The quantitative estimate of drug-likeness (QED) is 0.918. The van der Waals surface area contributed by atoms with E-state index >= 15 is 0 Å².